The number of hydrogen-bond acceptors (Lipinski definition) is 3. The second-order valence-electron chi connectivity index (χ2n) is 3.49. The summed E-state index contributed by atoms with van der Waals surface area (Å²) in [4.78, 5) is 3.94. The predicted molar refractivity (Wildman–Crippen MR) is 58.9 cm³/mol. The Morgan fingerprint density at radius 1 is 1.40 bits per heavy atom. The highest BCUT2D eigenvalue weighted by Crippen LogP contribution is 2.14. The summed E-state index contributed by atoms with van der Waals surface area (Å²) in [6.07, 6.45) is 3.25. The van der Waals surface area contributed by atoms with Gasteiger partial charge in [0.2, 0.25) is 0 Å². The summed E-state index contributed by atoms with van der Waals surface area (Å²) in [5.74, 6) is 0. The van der Waals surface area contributed by atoms with Crippen molar-refractivity contribution in [1.29, 1.82) is 0 Å². The number of nitrogens with one attached hydrogen (secondary N) is 1. The molecular formula is C11H14N4. The van der Waals surface area contributed by atoms with Gasteiger partial charge in [-0.15, -0.1) is 0 Å². The van der Waals surface area contributed by atoms with E-state index in [-0.39, 0.29) is 0 Å². The number of benzene rings is 1. The van der Waals surface area contributed by atoms with Crippen molar-refractivity contribution in [2.45, 2.75) is 13.5 Å². The van der Waals surface area contributed by atoms with Crippen LogP contribution in [0.5, 0.6) is 0 Å². The van der Waals surface area contributed by atoms with Crippen LogP contribution in [0.15, 0.2) is 30.9 Å². The lowest BCUT2D eigenvalue weighted by Gasteiger charge is -2.07. The molecule has 1 aromatic carbocycles. The lowest BCUT2D eigenvalue weighted by atomic mass is 10.1. The predicted octanol–water partition coefficient (Wildman–Crippen LogP) is 1.30. The van der Waals surface area contributed by atoms with E-state index in [1.54, 1.807) is 17.3 Å². The molecule has 1 N–H and O–H groups in total. The quantitative estimate of drug-likeness (QED) is 0.815. The van der Waals surface area contributed by atoms with Gasteiger partial charge in [-0.25, -0.2) is 9.67 Å². The molecule has 2 aromatic rings. The van der Waals surface area contributed by atoms with Crippen LogP contribution in [-0.4, -0.2) is 21.8 Å². The molecule has 0 aliphatic heterocycles. The SMILES string of the molecule is CNCc1ccc(-n2cncn2)c(C)c1. The summed E-state index contributed by atoms with van der Waals surface area (Å²) in [5.41, 5.74) is 3.56. The molecule has 15 heavy (non-hydrogen) atoms. The first-order valence-electron chi connectivity index (χ1n) is 4.90. The van der Waals surface area contributed by atoms with Gasteiger partial charge >= 0.3 is 0 Å². The molecule has 0 spiro atoms. The van der Waals surface area contributed by atoms with Crippen molar-refractivity contribution in [3.05, 3.63) is 42.0 Å². The van der Waals surface area contributed by atoms with Crippen molar-refractivity contribution in [3.63, 3.8) is 0 Å². The maximum atomic E-state index is 4.11. The lowest BCUT2D eigenvalue weighted by molar-refractivity contribution is 0.812. The smallest absolute Gasteiger partial charge is 0.138 e. The van der Waals surface area contributed by atoms with Gasteiger partial charge in [-0.2, -0.15) is 5.10 Å². The van der Waals surface area contributed by atoms with E-state index in [1.807, 2.05) is 7.05 Å². The molecule has 0 saturated heterocycles. The standard InChI is InChI=1S/C11H14N4/c1-9-5-10(6-12-2)3-4-11(9)15-8-13-7-14-15/h3-5,7-8,12H,6H2,1-2H3. The van der Waals surface area contributed by atoms with E-state index in [0.29, 0.717) is 0 Å². The van der Waals surface area contributed by atoms with Crippen molar-refractivity contribution in [2.24, 2.45) is 0 Å². The Labute approximate surface area is 89.0 Å². The van der Waals surface area contributed by atoms with Gasteiger partial charge in [0, 0.05) is 6.54 Å². The van der Waals surface area contributed by atoms with Gasteiger partial charge in [-0.3, -0.25) is 0 Å². The molecule has 0 saturated carbocycles. The fraction of sp³-hybridized carbons (Fsp3) is 0.273. The summed E-state index contributed by atoms with van der Waals surface area (Å²) >= 11 is 0. The lowest BCUT2D eigenvalue weighted by Crippen LogP contribution is -2.06. The third kappa shape index (κ3) is 2.05. The Morgan fingerprint density at radius 2 is 2.27 bits per heavy atom. The Balaban J connectivity index is 2.35. The Morgan fingerprint density at radius 3 is 2.87 bits per heavy atom. The minimum absolute atomic E-state index is 0.887. The molecule has 0 fully saturated rings. The van der Waals surface area contributed by atoms with Crippen LogP contribution >= 0.6 is 0 Å². The topological polar surface area (TPSA) is 42.7 Å². The molecule has 1 aromatic heterocycles. The zero-order valence-electron chi connectivity index (χ0n) is 8.94. The van der Waals surface area contributed by atoms with Crippen molar-refractivity contribution in [2.75, 3.05) is 7.05 Å². The highest BCUT2D eigenvalue weighted by atomic mass is 15.3. The number of aromatic nitrogens is 3. The Kier molecular flexibility index (Phi) is 2.78. The minimum Gasteiger partial charge on any atom is -0.316 e. The zero-order chi connectivity index (χ0) is 10.7. The molecule has 0 atom stereocenters. The van der Waals surface area contributed by atoms with Crippen molar-refractivity contribution < 1.29 is 0 Å². The highest BCUT2D eigenvalue weighted by molar-refractivity contribution is 5.41. The largest absolute Gasteiger partial charge is 0.316 e. The Hall–Kier alpha value is -1.68. The van der Waals surface area contributed by atoms with E-state index in [0.717, 1.165) is 12.2 Å². The summed E-state index contributed by atoms with van der Waals surface area (Å²) in [6, 6.07) is 6.32. The molecule has 2 rings (SSSR count). The van der Waals surface area contributed by atoms with Crippen LogP contribution in [0.1, 0.15) is 11.1 Å². The van der Waals surface area contributed by atoms with Crippen LogP contribution in [0.25, 0.3) is 5.69 Å². The second kappa shape index (κ2) is 4.23. The van der Waals surface area contributed by atoms with E-state index in [1.165, 1.54) is 11.1 Å². The van der Waals surface area contributed by atoms with Crippen LogP contribution < -0.4 is 5.32 Å². The summed E-state index contributed by atoms with van der Waals surface area (Å²) in [7, 11) is 1.95. The molecule has 78 valence electrons. The summed E-state index contributed by atoms with van der Waals surface area (Å²) in [5, 5.41) is 7.24. The van der Waals surface area contributed by atoms with Gasteiger partial charge in [0.1, 0.15) is 12.7 Å². The number of rotatable bonds is 3. The van der Waals surface area contributed by atoms with Crippen LogP contribution in [0.2, 0.25) is 0 Å². The van der Waals surface area contributed by atoms with Gasteiger partial charge in [0.05, 0.1) is 5.69 Å². The third-order valence-corrected chi connectivity index (χ3v) is 2.31. The molecule has 0 radical (unpaired) electrons. The van der Waals surface area contributed by atoms with E-state index < -0.39 is 0 Å². The van der Waals surface area contributed by atoms with E-state index in [4.69, 9.17) is 0 Å². The van der Waals surface area contributed by atoms with Crippen LogP contribution in [0.4, 0.5) is 0 Å². The van der Waals surface area contributed by atoms with E-state index in [9.17, 15) is 0 Å². The average molecular weight is 202 g/mol. The van der Waals surface area contributed by atoms with Gasteiger partial charge in [-0.05, 0) is 31.2 Å². The van der Waals surface area contributed by atoms with E-state index >= 15 is 0 Å². The van der Waals surface area contributed by atoms with Crippen molar-refractivity contribution in [3.8, 4) is 5.69 Å². The molecule has 0 unspecified atom stereocenters. The molecule has 0 amide bonds. The first-order chi connectivity index (χ1) is 7.31. The Bertz CT molecular complexity index is 434. The summed E-state index contributed by atoms with van der Waals surface area (Å²) in [6.45, 7) is 2.97. The monoisotopic (exact) mass is 202 g/mol. The number of hydrogen-bond donors (Lipinski definition) is 1. The minimum atomic E-state index is 0.887. The first kappa shape index (κ1) is 9.86. The van der Waals surface area contributed by atoms with Gasteiger partial charge < -0.3 is 5.32 Å². The van der Waals surface area contributed by atoms with Crippen LogP contribution in [0, 0.1) is 6.92 Å². The van der Waals surface area contributed by atoms with E-state index in [2.05, 4.69) is 40.5 Å². The normalized spacial score (nSPS) is 10.5. The van der Waals surface area contributed by atoms with Crippen LogP contribution in [-0.2, 0) is 6.54 Å². The molecule has 0 aliphatic rings. The first-order valence-corrected chi connectivity index (χ1v) is 4.90. The average Bonchev–Trinajstić information content (AvgIpc) is 2.71. The number of nitrogens with zero attached hydrogens (tertiary/aromatic N) is 3. The molecule has 0 bridgehead atoms. The van der Waals surface area contributed by atoms with Gasteiger partial charge in [0.15, 0.2) is 0 Å². The fourth-order valence-corrected chi connectivity index (χ4v) is 1.62. The maximum absolute atomic E-state index is 4.11. The molecule has 1 heterocycles. The van der Waals surface area contributed by atoms with Crippen molar-refractivity contribution in [1.82, 2.24) is 20.1 Å². The molecule has 4 nitrogen and oxygen atoms in total. The zero-order valence-corrected chi connectivity index (χ0v) is 8.94. The molecule has 0 aliphatic carbocycles. The summed E-state index contributed by atoms with van der Waals surface area (Å²) < 4.78 is 1.78. The number of aryl methyl sites for hydroxylation is 1. The highest BCUT2D eigenvalue weighted by Gasteiger charge is 2.02. The second-order valence-corrected chi connectivity index (χ2v) is 3.49. The maximum Gasteiger partial charge on any atom is 0.138 e. The third-order valence-electron chi connectivity index (χ3n) is 2.31. The molecular weight excluding hydrogens is 188 g/mol. The van der Waals surface area contributed by atoms with Gasteiger partial charge in [-0.1, -0.05) is 12.1 Å². The van der Waals surface area contributed by atoms with Gasteiger partial charge in [0.25, 0.3) is 0 Å². The van der Waals surface area contributed by atoms with Crippen molar-refractivity contribution >= 4 is 0 Å². The fourth-order valence-electron chi connectivity index (χ4n) is 1.62. The molecule has 4 heteroatoms. The van der Waals surface area contributed by atoms with Crippen LogP contribution in [0.3, 0.4) is 0 Å².